The molecule has 0 aliphatic rings. The lowest BCUT2D eigenvalue weighted by atomic mass is 9.99. The second-order valence-corrected chi connectivity index (χ2v) is 29.6. The summed E-state index contributed by atoms with van der Waals surface area (Å²) in [6, 6.07) is 0. The van der Waals surface area contributed by atoms with Crippen LogP contribution in [0, 0.1) is 23.7 Å². The first-order valence-corrected chi connectivity index (χ1v) is 39.3. The summed E-state index contributed by atoms with van der Waals surface area (Å²) < 4.78 is 68.2. The number of hydrogen-bond acceptors (Lipinski definition) is 15. The van der Waals surface area contributed by atoms with Crippen molar-refractivity contribution >= 4 is 39.5 Å². The van der Waals surface area contributed by atoms with Gasteiger partial charge in [0.05, 0.1) is 26.4 Å². The lowest BCUT2D eigenvalue weighted by molar-refractivity contribution is -0.161. The molecule has 0 aromatic carbocycles. The van der Waals surface area contributed by atoms with Gasteiger partial charge in [-0.25, -0.2) is 9.13 Å². The molecule has 0 bridgehead atoms. The maximum Gasteiger partial charge on any atom is 0.472 e. The van der Waals surface area contributed by atoms with Crippen molar-refractivity contribution in [1.29, 1.82) is 0 Å². The van der Waals surface area contributed by atoms with Crippen LogP contribution < -0.4 is 0 Å². The zero-order valence-electron chi connectivity index (χ0n) is 58.1. The SMILES string of the molecule is CCC(C)CCCCCCCCCCC(=O)OC[C@H](COP(=O)(O)OCC(O)COP(=O)(O)OC[C@@H](COC(=O)CCCCCCCCC(C)C)OC(=O)CCCCCCCCCCCCCCCCCC(C)C)OC(=O)CCCCCCCCC(C)CC. The molecule has 89 heavy (non-hydrogen) atoms. The molecule has 0 aliphatic carbocycles. The molecule has 0 aromatic heterocycles. The molecule has 3 N–H and O–H groups in total. The van der Waals surface area contributed by atoms with E-state index in [1.807, 2.05) is 0 Å². The van der Waals surface area contributed by atoms with Gasteiger partial charge in [0.25, 0.3) is 0 Å². The molecule has 528 valence electrons. The Morgan fingerprint density at radius 1 is 0.315 bits per heavy atom. The van der Waals surface area contributed by atoms with Crippen molar-refractivity contribution in [3.05, 3.63) is 0 Å². The fraction of sp³-hybridized carbons (Fsp3) is 0.943. The van der Waals surface area contributed by atoms with E-state index in [-0.39, 0.29) is 25.7 Å². The van der Waals surface area contributed by atoms with Gasteiger partial charge in [0.1, 0.15) is 19.3 Å². The molecular formula is C70H136O17P2. The first-order valence-electron chi connectivity index (χ1n) is 36.3. The van der Waals surface area contributed by atoms with E-state index < -0.39 is 97.5 Å². The molecule has 0 fully saturated rings. The summed E-state index contributed by atoms with van der Waals surface area (Å²) >= 11 is 0. The number of carbonyl (C=O) groups excluding carboxylic acids is 4. The minimum atomic E-state index is -4.95. The highest BCUT2D eigenvalue weighted by Crippen LogP contribution is 2.45. The molecule has 0 rings (SSSR count). The Labute approximate surface area is 543 Å². The second kappa shape index (κ2) is 59.8. The van der Waals surface area contributed by atoms with Gasteiger partial charge in [-0.2, -0.15) is 0 Å². The predicted molar refractivity (Wildman–Crippen MR) is 358 cm³/mol. The number of phosphoric ester groups is 2. The Morgan fingerprint density at radius 2 is 0.539 bits per heavy atom. The third kappa shape index (κ3) is 62.0. The van der Waals surface area contributed by atoms with Gasteiger partial charge in [0.2, 0.25) is 0 Å². The molecule has 7 atom stereocenters. The van der Waals surface area contributed by atoms with Crippen LogP contribution in [0.2, 0.25) is 0 Å². The number of hydrogen-bond donors (Lipinski definition) is 3. The number of esters is 4. The first kappa shape index (κ1) is 87.1. The molecule has 0 amide bonds. The number of phosphoric acid groups is 2. The van der Waals surface area contributed by atoms with Crippen LogP contribution in [0.3, 0.4) is 0 Å². The number of ether oxygens (including phenoxy) is 4. The van der Waals surface area contributed by atoms with Crippen LogP contribution in [-0.4, -0.2) is 96.7 Å². The van der Waals surface area contributed by atoms with E-state index in [1.54, 1.807) is 0 Å². The number of unbranched alkanes of at least 4 members (excludes halogenated alkanes) is 31. The fourth-order valence-corrected chi connectivity index (χ4v) is 12.0. The van der Waals surface area contributed by atoms with Gasteiger partial charge in [-0.3, -0.25) is 37.3 Å². The van der Waals surface area contributed by atoms with Gasteiger partial charge in [0.15, 0.2) is 12.2 Å². The van der Waals surface area contributed by atoms with Gasteiger partial charge in [-0.1, -0.05) is 293 Å². The van der Waals surface area contributed by atoms with Crippen LogP contribution >= 0.6 is 15.6 Å². The maximum atomic E-state index is 13.0. The highest BCUT2D eigenvalue weighted by molar-refractivity contribution is 7.47. The summed E-state index contributed by atoms with van der Waals surface area (Å²) in [6.07, 6.45) is 41.9. The minimum absolute atomic E-state index is 0.102. The quantitative estimate of drug-likeness (QED) is 0.0222. The van der Waals surface area contributed by atoms with E-state index in [2.05, 4.69) is 55.4 Å². The Kier molecular flexibility index (Phi) is 58.5. The molecular weight excluding hydrogens is 1170 g/mol. The Bertz CT molecular complexity index is 1770. The summed E-state index contributed by atoms with van der Waals surface area (Å²) in [4.78, 5) is 72.5. The predicted octanol–water partition coefficient (Wildman–Crippen LogP) is 19.7. The van der Waals surface area contributed by atoms with Gasteiger partial charge in [-0.15, -0.1) is 0 Å². The standard InChI is InChI=1S/C70H136O17P2/c1-9-62(7)48-40-32-23-20-21-24-34-42-50-67(72)80-56-66(87-70(75)53-45-37-29-27-33-41-49-63(8)10-2)59-85-89(78,79)83-55-64(71)54-82-88(76,77)84-58-65(57-81-68(73)51-43-35-28-26-31-39-47-61(5)6)86-69(74)52-44-36-25-19-17-15-13-11-12-14-16-18-22-30-38-46-60(3)4/h60-66,71H,9-59H2,1-8H3,(H,76,77)(H,78,79)/t62?,63?,64?,65-,66-/m1/s1. The van der Waals surface area contributed by atoms with Crippen LogP contribution in [-0.2, 0) is 65.4 Å². The summed E-state index contributed by atoms with van der Waals surface area (Å²) in [5, 5.41) is 10.6. The Hall–Kier alpha value is -1.94. The Morgan fingerprint density at radius 3 is 0.798 bits per heavy atom. The van der Waals surface area contributed by atoms with Crippen molar-refractivity contribution in [2.24, 2.45) is 23.7 Å². The highest BCUT2D eigenvalue weighted by Gasteiger charge is 2.30. The van der Waals surface area contributed by atoms with Crippen molar-refractivity contribution in [1.82, 2.24) is 0 Å². The zero-order chi connectivity index (χ0) is 66.1. The third-order valence-electron chi connectivity index (χ3n) is 16.8. The third-order valence-corrected chi connectivity index (χ3v) is 18.7. The molecule has 17 nitrogen and oxygen atoms in total. The summed E-state index contributed by atoms with van der Waals surface area (Å²) in [5.74, 6) is 0.845. The molecule has 0 aromatic rings. The zero-order valence-corrected chi connectivity index (χ0v) is 59.8. The van der Waals surface area contributed by atoms with Crippen LogP contribution in [0.5, 0.6) is 0 Å². The van der Waals surface area contributed by atoms with Crippen molar-refractivity contribution in [2.75, 3.05) is 39.6 Å². The van der Waals surface area contributed by atoms with E-state index in [4.69, 9.17) is 37.0 Å². The number of rotatable bonds is 67. The maximum absolute atomic E-state index is 13.0. The van der Waals surface area contributed by atoms with E-state index >= 15 is 0 Å². The molecule has 5 unspecified atom stereocenters. The molecule has 0 spiro atoms. The topological polar surface area (TPSA) is 237 Å². The van der Waals surface area contributed by atoms with Crippen LogP contribution in [0.25, 0.3) is 0 Å². The largest absolute Gasteiger partial charge is 0.472 e. The average Bonchev–Trinajstić information content (AvgIpc) is 3.71. The second-order valence-electron chi connectivity index (χ2n) is 26.7. The summed E-state index contributed by atoms with van der Waals surface area (Å²) in [7, 11) is -9.90. The molecule has 0 saturated carbocycles. The van der Waals surface area contributed by atoms with Gasteiger partial charge >= 0.3 is 39.5 Å². The number of aliphatic hydroxyl groups is 1. The molecule has 0 aliphatic heterocycles. The van der Waals surface area contributed by atoms with Crippen LogP contribution in [0.15, 0.2) is 0 Å². The van der Waals surface area contributed by atoms with E-state index in [0.29, 0.717) is 31.6 Å². The van der Waals surface area contributed by atoms with E-state index in [9.17, 15) is 43.2 Å². The highest BCUT2D eigenvalue weighted by atomic mass is 31.2. The van der Waals surface area contributed by atoms with Gasteiger partial charge in [-0.05, 0) is 49.4 Å². The minimum Gasteiger partial charge on any atom is -0.462 e. The molecule has 19 heteroatoms. The molecule has 0 radical (unpaired) electrons. The Balaban J connectivity index is 5.21. The average molecular weight is 1310 g/mol. The van der Waals surface area contributed by atoms with Crippen LogP contribution in [0.1, 0.15) is 344 Å². The summed E-state index contributed by atoms with van der Waals surface area (Å²) in [5.41, 5.74) is 0. The van der Waals surface area contributed by atoms with Crippen molar-refractivity contribution in [2.45, 2.75) is 363 Å². The van der Waals surface area contributed by atoms with E-state index in [0.717, 1.165) is 114 Å². The van der Waals surface area contributed by atoms with Crippen molar-refractivity contribution < 1.29 is 80.2 Å². The normalized spacial score (nSPS) is 14.9. The van der Waals surface area contributed by atoms with Crippen molar-refractivity contribution in [3.8, 4) is 0 Å². The fourth-order valence-electron chi connectivity index (χ4n) is 10.4. The van der Waals surface area contributed by atoms with Gasteiger partial charge in [0, 0.05) is 25.7 Å². The molecule has 0 heterocycles. The first-order chi connectivity index (χ1) is 42.7. The lowest BCUT2D eigenvalue weighted by Gasteiger charge is -2.21. The van der Waals surface area contributed by atoms with Gasteiger partial charge < -0.3 is 33.8 Å². The smallest absolute Gasteiger partial charge is 0.462 e. The van der Waals surface area contributed by atoms with Crippen LogP contribution in [0.4, 0.5) is 0 Å². The lowest BCUT2D eigenvalue weighted by Crippen LogP contribution is -2.30. The van der Waals surface area contributed by atoms with Crippen molar-refractivity contribution in [3.63, 3.8) is 0 Å². The summed E-state index contributed by atoms with van der Waals surface area (Å²) in [6.45, 7) is 14.0. The number of aliphatic hydroxyl groups excluding tert-OH is 1. The monoisotopic (exact) mass is 1310 g/mol. The molecule has 0 saturated heterocycles. The number of carbonyl (C=O) groups is 4. The van der Waals surface area contributed by atoms with E-state index in [1.165, 1.54) is 141 Å².